The highest BCUT2D eigenvalue weighted by atomic mass is 16.5. The molecule has 2 saturated heterocycles. The monoisotopic (exact) mass is 469 g/mol. The van der Waals surface area contributed by atoms with Crippen molar-refractivity contribution in [2.24, 2.45) is 5.92 Å². The minimum Gasteiger partial charge on any atom is -0.492 e. The molecule has 34 heavy (non-hydrogen) atoms. The van der Waals surface area contributed by atoms with Crippen molar-refractivity contribution in [2.75, 3.05) is 46.5 Å². The summed E-state index contributed by atoms with van der Waals surface area (Å²) in [5.74, 6) is 1.18. The van der Waals surface area contributed by atoms with Crippen LogP contribution in [0.5, 0.6) is 5.75 Å². The maximum Gasteiger partial charge on any atom is 0.255 e. The molecule has 1 N–H and O–H groups in total. The first-order valence-corrected chi connectivity index (χ1v) is 12.6. The molecule has 184 valence electrons. The number of fused-ring (bicyclic) bond motifs is 4. The number of piperidine rings is 1. The van der Waals surface area contributed by atoms with E-state index in [9.17, 15) is 14.4 Å². The first kappa shape index (κ1) is 23.3. The first-order valence-electron chi connectivity index (χ1n) is 12.6. The molecule has 2 fully saturated rings. The van der Waals surface area contributed by atoms with Gasteiger partial charge in [-0.15, -0.1) is 0 Å². The van der Waals surface area contributed by atoms with E-state index in [4.69, 9.17) is 9.47 Å². The Balaban J connectivity index is 1.31. The van der Waals surface area contributed by atoms with Crippen molar-refractivity contribution >= 4 is 18.1 Å². The average Bonchev–Trinajstić information content (AvgIpc) is 3.39. The van der Waals surface area contributed by atoms with E-state index in [1.165, 1.54) is 5.56 Å². The zero-order valence-electron chi connectivity index (χ0n) is 20.0. The Hall–Kier alpha value is -2.45. The highest BCUT2D eigenvalue weighted by Crippen LogP contribution is 2.49. The van der Waals surface area contributed by atoms with E-state index in [2.05, 4.69) is 16.3 Å². The minimum absolute atomic E-state index is 0.00468. The number of likely N-dealkylation sites (N-methyl/N-ethyl adjacent to an activating group) is 1. The van der Waals surface area contributed by atoms with Crippen LogP contribution in [0.2, 0.25) is 0 Å². The lowest BCUT2D eigenvalue weighted by atomic mass is 9.73. The molecule has 8 nitrogen and oxygen atoms in total. The molecule has 4 aliphatic rings. The summed E-state index contributed by atoms with van der Waals surface area (Å²) in [5.41, 5.74) is 2.73. The summed E-state index contributed by atoms with van der Waals surface area (Å²) in [6.07, 6.45) is 5.78. The maximum absolute atomic E-state index is 13.2. The molecule has 1 atom stereocenters. The van der Waals surface area contributed by atoms with Crippen LogP contribution in [0.3, 0.4) is 0 Å². The fraction of sp³-hybridized carbons (Fsp3) is 0.654. The number of ether oxygens (including phenoxy) is 2. The summed E-state index contributed by atoms with van der Waals surface area (Å²) in [6.45, 7) is 6.06. The molecule has 1 spiro atoms. The van der Waals surface area contributed by atoms with Crippen LogP contribution < -0.4 is 10.1 Å². The molecular formula is C26H35N3O5. The van der Waals surface area contributed by atoms with Crippen LogP contribution in [0.15, 0.2) is 12.1 Å². The number of hydrogen-bond donors (Lipinski definition) is 1. The standard InChI is InChI=1S/C26H35N3O5/c1-27-24(31)22(3-2-12-30)29-16-20-19(25(29)32)4-5-21-23(20)34-17-26(21)8-10-28(11-9-26)15-18-6-13-33-14-7-18/h4-5,12,18,22H,2-3,6-11,13-17H2,1H3,(H,27,31). The molecular weight excluding hydrogens is 434 g/mol. The van der Waals surface area contributed by atoms with Crippen LogP contribution in [0.25, 0.3) is 0 Å². The topological polar surface area (TPSA) is 88.2 Å². The zero-order valence-corrected chi connectivity index (χ0v) is 20.0. The summed E-state index contributed by atoms with van der Waals surface area (Å²) >= 11 is 0. The van der Waals surface area contributed by atoms with Crippen molar-refractivity contribution in [3.8, 4) is 5.75 Å². The number of carbonyl (C=O) groups is 3. The van der Waals surface area contributed by atoms with Crippen molar-refractivity contribution in [3.05, 3.63) is 28.8 Å². The molecule has 1 aromatic rings. The third kappa shape index (κ3) is 4.11. The predicted molar refractivity (Wildman–Crippen MR) is 126 cm³/mol. The summed E-state index contributed by atoms with van der Waals surface area (Å²) < 4.78 is 11.8. The second-order valence-corrected chi connectivity index (χ2v) is 10.2. The van der Waals surface area contributed by atoms with Crippen LogP contribution in [0.1, 0.15) is 60.0 Å². The van der Waals surface area contributed by atoms with Crippen molar-refractivity contribution in [1.82, 2.24) is 15.1 Å². The van der Waals surface area contributed by atoms with Gasteiger partial charge in [0.2, 0.25) is 5.91 Å². The van der Waals surface area contributed by atoms with E-state index < -0.39 is 6.04 Å². The maximum atomic E-state index is 13.2. The molecule has 2 amide bonds. The minimum atomic E-state index is -0.658. The molecule has 0 bridgehead atoms. The Morgan fingerprint density at radius 1 is 1.26 bits per heavy atom. The number of rotatable bonds is 7. The summed E-state index contributed by atoms with van der Waals surface area (Å²) in [5, 5.41) is 2.64. The van der Waals surface area contributed by atoms with Crippen molar-refractivity contribution in [3.63, 3.8) is 0 Å². The fourth-order valence-electron chi connectivity index (χ4n) is 6.20. The Kier molecular flexibility index (Phi) is 6.62. The number of hydrogen-bond acceptors (Lipinski definition) is 6. The second-order valence-electron chi connectivity index (χ2n) is 10.2. The van der Waals surface area contributed by atoms with Gasteiger partial charge < -0.3 is 29.4 Å². The second kappa shape index (κ2) is 9.66. The van der Waals surface area contributed by atoms with Crippen LogP contribution >= 0.6 is 0 Å². The molecule has 8 heteroatoms. The highest BCUT2D eigenvalue weighted by Gasteiger charge is 2.47. The Morgan fingerprint density at radius 2 is 2.03 bits per heavy atom. The van der Waals surface area contributed by atoms with E-state index in [1.54, 1.807) is 11.9 Å². The predicted octanol–water partition coefficient (Wildman–Crippen LogP) is 1.89. The van der Waals surface area contributed by atoms with E-state index in [0.29, 0.717) is 25.1 Å². The van der Waals surface area contributed by atoms with Gasteiger partial charge in [-0.3, -0.25) is 9.59 Å². The summed E-state index contributed by atoms with van der Waals surface area (Å²) in [6, 6.07) is 3.34. The van der Waals surface area contributed by atoms with Gasteiger partial charge in [-0.25, -0.2) is 0 Å². The quantitative estimate of drug-likeness (QED) is 0.614. The molecule has 0 aromatic heterocycles. The molecule has 1 aromatic carbocycles. The van der Waals surface area contributed by atoms with Gasteiger partial charge in [-0.05, 0) is 57.2 Å². The van der Waals surface area contributed by atoms with Gasteiger partial charge in [0.05, 0.1) is 13.2 Å². The van der Waals surface area contributed by atoms with Gasteiger partial charge in [0.1, 0.15) is 18.1 Å². The molecule has 4 heterocycles. The van der Waals surface area contributed by atoms with Gasteiger partial charge in [0.25, 0.3) is 5.91 Å². The lowest BCUT2D eigenvalue weighted by molar-refractivity contribution is -0.125. The van der Waals surface area contributed by atoms with Crippen molar-refractivity contribution < 1.29 is 23.9 Å². The lowest BCUT2D eigenvalue weighted by Crippen LogP contribution is -2.46. The van der Waals surface area contributed by atoms with Gasteiger partial charge in [-0.1, -0.05) is 6.07 Å². The van der Waals surface area contributed by atoms with Crippen LogP contribution in [0.4, 0.5) is 0 Å². The van der Waals surface area contributed by atoms with E-state index in [-0.39, 0.29) is 23.7 Å². The SMILES string of the molecule is CNC(=O)C(CCC=O)N1Cc2c(ccc3c2OCC32CCN(CC3CCOCC3)CC2)C1=O. The molecule has 0 radical (unpaired) electrons. The van der Waals surface area contributed by atoms with Crippen LogP contribution in [-0.2, 0) is 26.3 Å². The third-order valence-electron chi connectivity index (χ3n) is 8.30. The number of nitrogens with one attached hydrogen (secondary N) is 1. The van der Waals surface area contributed by atoms with Gasteiger partial charge in [0.15, 0.2) is 0 Å². The number of likely N-dealkylation sites (tertiary alicyclic amines) is 1. The molecule has 0 aliphatic carbocycles. The third-order valence-corrected chi connectivity index (χ3v) is 8.30. The highest BCUT2D eigenvalue weighted by molar-refractivity contribution is 6.02. The Morgan fingerprint density at radius 3 is 2.74 bits per heavy atom. The summed E-state index contributed by atoms with van der Waals surface area (Å²) in [7, 11) is 1.56. The van der Waals surface area contributed by atoms with Crippen LogP contribution in [0, 0.1) is 5.92 Å². The van der Waals surface area contributed by atoms with E-state index in [1.807, 2.05) is 6.07 Å². The van der Waals surface area contributed by atoms with Crippen molar-refractivity contribution in [2.45, 2.75) is 56.5 Å². The zero-order chi connectivity index (χ0) is 23.7. The Labute approximate surface area is 200 Å². The van der Waals surface area contributed by atoms with E-state index >= 15 is 0 Å². The lowest BCUT2D eigenvalue weighted by Gasteiger charge is -2.40. The molecule has 5 rings (SSSR count). The number of aldehydes is 1. The largest absolute Gasteiger partial charge is 0.492 e. The van der Waals surface area contributed by atoms with Gasteiger partial charge in [0, 0.05) is 55.3 Å². The first-order chi connectivity index (χ1) is 16.6. The normalized spacial score (nSPS) is 22.9. The molecule has 1 unspecified atom stereocenters. The average molecular weight is 470 g/mol. The Bertz CT molecular complexity index is 950. The number of amides is 2. The smallest absolute Gasteiger partial charge is 0.255 e. The number of carbonyl (C=O) groups excluding carboxylic acids is 3. The van der Waals surface area contributed by atoms with Gasteiger partial charge >= 0.3 is 0 Å². The van der Waals surface area contributed by atoms with Crippen molar-refractivity contribution in [1.29, 1.82) is 0 Å². The number of benzene rings is 1. The number of nitrogens with zero attached hydrogens (tertiary/aromatic N) is 2. The summed E-state index contributed by atoms with van der Waals surface area (Å²) in [4.78, 5) is 40.8. The molecule has 0 saturated carbocycles. The van der Waals surface area contributed by atoms with Gasteiger partial charge in [-0.2, -0.15) is 0 Å². The molecule has 4 aliphatic heterocycles. The fourth-order valence-corrected chi connectivity index (χ4v) is 6.20. The van der Waals surface area contributed by atoms with E-state index in [0.717, 1.165) is 82.0 Å². The van der Waals surface area contributed by atoms with Crippen LogP contribution in [-0.4, -0.2) is 80.4 Å².